The highest BCUT2D eigenvalue weighted by atomic mass is 16.5. The molecule has 4 N–H and O–H groups in total. The number of allylic oxidation sites excluding steroid dienone is 5. The van der Waals surface area contributed by atoms with E-state index in [1.54, 1.807) is 0 Å². The lowest BCUT2D eigenvalue weighted by Crippen LogP contribution is -2.35. The van der Waals surface area contributed by atoms with Gasteiger partial charge in [-0.25, -0.2) is 0 Å². The van der Waals surface area contributed by atoms with E-state index in [0.29, 0.717) is 23.7 Å². The molecule has 2 heterocycles. The van der Waals surface area contributed by atoms with Crippen LogP contribution in [0.15, 0.2) is 82.4 Å². The van der Waals surface area contributed by atoms with E-state index in [4.69, 9.17) is 10.1 Å². The van der Waals surface area contributed by atoms with Crippen molar-refractivity contribution in [3.05, 3.63) is 93.5 Å². The summed E-state index contributed by atoms with van der Waals surface area (Å²) >= 11 is 0. The molecule has 1 aromatic rings. The van der Waals surface area contributed by atoms with E-state index < -0.39 is 0 Å². The molecule has 0 radical (unpaired) electrons. The third kappa shape index (κ3) is 6.65. The Labute approximate surface area is 238 Å². The maximum atomic E-state index is 13.7. The predicted molar refractivity (Wildman–Crippen MR) is 161 cm³/mol. The van der Waals surface area contributed by atoms with Crippen LogP contribution in [0.2, 0.25) is 0 Å². The topological polar surface area (TPSA) is 89.5 Å². The maximum absolute atomic E-state index is 13.7. The number of nitrogens with zero attached hydrogens (tertiary/aromatic N) is 1. The van der Waals surface area contributed by atoms with Crippen LogP contribution in [0.5, 0.6) is 0 Å². The van der Waals surface area contributed by atoms with E-state index in [9.17, 15) is 4.79 Å². The molecule has 2 aliphatic heterocycles. The first-order chi connectivity index (χ1) is 19.4. The Bertz CT molecular complexity index is 1260. The van der Waals surface area contributed by atoms with Gasteiger partial charge in [-0.05, 0) is 61.5 Å². The smallest absolute Gasteiger partial charge is 0.251 e. The zero-order chi connectivity index (χ0) is 28.1. The molecular formula is C33H43N5O2. The Morgan fingerprint density at radius 1 is 1.18 bits per heavy atom. The molecule has 0 spiro atoms. The first-order valence-corrected chi connectivity index (χ1v) is 14.6. The van der Waals surface area contributed by atoms with Crippen LogP contribution in [-0.4, -0.2) is 55.9 Å². The number of morpholine rings is 1. The fourth-order valence-corrected chi connectivity index (χ4v) is 6.27. The van der Waals surface area contributed by atoms with Gasteiger partial charge in [0, 0.05) is 72.6 Å². The van der Waals surface area contributed by atoms with Crippen molar-refractivity contribution in [1.29, 1.82) is 5.41 Å². The van der Waals surface area contributed by atoms with Gasteiger partial charge < -0.3 is 26.1 Å². The molecule has 0 bridgehead atoms. The number of amides is 1. The summed E-state index contributed by atoms with van der Waals surface area (Å²) in [7, 11) is 0. The Balaban J connectivity index is 1.37. The van der Waals surface area contributed by atoms with E-state index in [1.165, 1.54) is 30.2 Å². The molecule has 212 valence electrons. The normalized spacial score (nSPS) is 22.6. The zero-order valence-electron chi connectivity index (χ0n) is 23.9. The maximum Gasteiger partial charge on any atom is 0.251 e. The molecule has 7 nitrogen and oxygen atoms in total. The zero-order valence-corrected chi connectivity index (χ0v) is 23.9. The summed E-state index contributed by atoms with van der Waals surface area (Å²) in [5.74, 6) is -0.0964. The molecular weight excluding hydrogens is 498 g/mol. The average molecular weight is 542 g/mol. The third-order valence-corrected chi connectivity index (χ3v) is 8.49. The Hall–Kier alpha value is -3.42. The monoisotopic (exact) mass is 541 g/mol. The van der Waals surface area contributed by atoms with Crippen LogP contribution in [0, 0.1) is 5.41 Å². The van der Waals surface area contributed by atoms with Crippen molar-refractivity contribution in [1.82, 2.24) is 20.9 Å². The Morgan fingerprint density at radius 3 is 2.58 bits per heavy atom. The highest BCUT2D eigenvalue weighted by molar-refractivity contribution is 6.06. The van der Waals surface area contributed by atoms with Crippen molar-refractivity contribution >= 4 is 12.1 Å². The molecule has 5 rings (SSSR count). The number of nitrogens with one attached hydrogen (secondary N) is 4. The van der Waals surface area contributed by atoms with Gasteiger partial charge in [0.1, 0.15) is 0 Å². The molecule has 1 saturated heterocycles. The summed E-state index contributed by atoms with van der Waals surface area (Å²) in [6.07, 6.45) is 11.0. The number of carbonyl (C=O) groups excluding carboxylic acids is 1. The average Bonchev–Trinajstić information content (AvgIpc) is 3.46. The van der Waals surface area contributed by atoms with Crippen LogP contribution in [0.25, 0.3) is 0 Å². The summed E-state index contributed by atoms with van der Waals surface area (Å²) in [4.78, 5) is 16.1. The number of rotatable bonds is 9. The molecule has 40 heavy (non-hydrogen) atoms. The van der Waals surface area contributed by atoms with Crippen LogP contribution in [-0.2, 0) is 16.1 Å². The standard InChI is InChI=1S/C33H43N5O2/c1-22-16-23(2)36-24(3)31(22)20-35-33(39)29-17-27(18-32(30(29)19-34)37-28-6-4-5-7-28)26-10-8-25(9-11-26)21-38-12-14-40-15-13-38/h8-11,16-17,19,27-28,34,36-37H,3-7,12-15,18,20-21H2,1-2H3,(H,35,39). The molecule has 4 aliphatic rings. The molecule has 2 aliphatic carbocycles. The van der Waals surface area contributed by atoms with E-state index in [-0.39, 0.29) is 11.8 Å². The van der Waals surface area contributed by atoms with E-state index in [2.05, 4.69) is 63.8 Å². The van der Waals surface area contributed by atoms with E-state index in [0.717, 1.165) is 80.3 Å². The van der Waals surface area contributed by atoms with Gasteiger partial charge in [0.05, 0.1) is 13.2 Å². The predicted octanol–water partition coefficient (Wildman–Crippen LogP) is 4.82. The van der Waals surface area contributed by atoms with Crippen molar-refractivity contribution in [2.45, 2.75) is 64.5 Å². The van der Waals surface area contributed by atoms with Crippen molar-refractivity contribution < 1.29 is 9.53 Å². The molecule has 1 amide bonds. The number of benzene rings is 1. The molecule has 0 aromatic heterocycles. The molecule has 1 atom stereocenters. The number of ether oxygens (including phenoxy) is 1. The van der Waals surface area contributed by atoms with Gasteiger partial charge in [-0.3, -0.25) is 9.69 Å². The number of dihydropyridines is 1. The van der Waals surface area contributed by atoms with Gasteiger partial charge in [-0.2, -0.15) is 0 Å². The summed E-state index contributed by atoms with van der Waals surface area (Å²) in [6.45, 7) is 13.0. The first-order valence-electron chi connectivity index (χ1n) is 14.6. The Morgan fingerprint density at radius 2 is 1.90 bits per heavy atom. The highest BCUT2D eigenvalue weighted by Gasteiger charge is 2.29. The minimum absolute atomic E-state index is 0.0589. The molecule has 1 aromatic carbocycles. The van der Waals surface area contributed by atoms with Crippen LogP contribution >= 0.6 is 0 Å². The number of hydrogen-bond donors (Lipinski definition) is 4. The van der Waals surface area contributed by atoms with Crippen LogP contribution < -0.4 is 16.0 Å². The number of carbonyl (C=O) groups is 1. The van der Waals surface area contributed by atoms with Crippen molar-refractivity contribution in [3.63, 3.8) is 0 Å². The third-order valence-electron chi connectivity index (χ3n) is 8.49. The van der Waals surface area contributed by atoms with Gasteiger partial charge >= 0.3 is 0 Å². The second kappa shape index (κ2) is 12.8. The minimum atomic E-state index is -0.155. The van der Waals surface area contributed by atoms with Gasteiger partial charge in [0.25, 0.3) is 5.91 Å². The Kier molecular flexibility index (Phi) is 9.02. The second-order valence-electron chi connectivity index (χ2n) is 11.5. The van der Waals surface area contributed by atoms with E-state index in [1.807, 2.05) is 13.8 Å². The van der Waals surface area contributed by atoms with Crippen molar-refractivity contribution in [2.75, 3.05) is 32.8 Å². The largest absolute Gasteiger partial charge is 0.385 e. The van der Waals surface area contributed by atoms with Crippen molar-refractivity contribution in [2.24, 2.45) is 0 Å². The minimum Gasteiger partial charge on any atom is -0.385 e. The molecule has 1 saturated carbocycles. The van der Waals surface area contributed by atoms with Crippen LogP contribution in [0.3, 0.4) is 0 Å². The summed E-state index contributed by atoms with van der Waals surface area (Å²) in [5, 5.41) is 18.4. The summed E-state index contributed by atoms with van der Waals surface area (Å²) in [6, 6.07) is 9.24. The van der Waals surface area contributed by atoms with Gasteiger partial charge in [-0.15, -0.1) is 0 Å². The lowest BCUT2D eigenvalue weighted by Gasteiger charge is -2.29. The SMILES string of the molecule is C=C1NC(C)=CC(C)=C1CNC(=O)C1=CC(c2ccc(CN3CCOCC3)cc2)CC(NC2CCCC2)=C1C=N. The number of hydrogen-bond acceptors (Lipinski definition) is 6. The summed E-state index contributed by atoms with van der Waals surface area (Å²) in [5.41, 5.74) is 8.71. The van der Waals surface area contributed by atoms with Gasteiger partial charge in [0.15, 0.2) is 0 Å². The van der Waals surface area contributed by atoms with Crippen molar-refractivity contribution in [3.8, 4) is 0 Å². The van der Waals surface area contributed by atoms with Crippen LogP contribution in [0.4, 0.5) is 0 Å². The summed E-state index contributed by atoms with van der Waals surface area (Å²) < 4.78 is 5.49. The molecule has 1 unspecified atom stereocenters. The van der Waals surface area contributed by atoms with E-state index >= 15 is 0 Å². The molecule has 2 fully saturated rings. The lowest BCUT2D eigenvalue weighted by molar-refractivity contribution is -0.117. The second-order valence-corrected chi connectivity index (χ2v) is 11.5. The first kappa shape index (κ1) is 28.1. The molecule has 7 heteroatoms. The van der Waals surface area contributed by atoms with Gasteiger partial charge in [0.2, 0.25) is 0 Å². The van der Waals surface area contributed by atoms with Crippen LogP contribution in [0.1, 0.15) is 63.0 Å². The highest BCUT2D eigenvalue weighted by Crippen LogP contribution is 2.35. The lowest BCUT2D eigenvalue weighted by atomic mass is 9.83. The fraction of sp³-hybridized carbons (Fsp3) is 0.455. The van der Waals surface area contributed by atoms with Gasteiger partial charge in [-0.1, -0.05) is 49.8 Å². The fourth-order valence-electron chi connectivity index (χ4n) is 6.27. The quantitative estimate of drug-likeness (QED) is 0.337.